The lowest BCUT2D eigenvalue weighted by molar-refractivity contribution is -0.129. The van der Waals surface area contributed by atoms with Gasteiger partial charge in [0.25, 0.3) is 0 Å². The number of nitrogens with zero attached hydrogens (tertiary/aromatic N) is 2. The summed E-state index contributed by atoms with van der Waals surface area (Å²) in [6, 6.07) is 1.78. The van der Waals surface area contributed by atoms with Crippen molar-refractivity contribution in [3.63, 3.8) is 0 Å². The maximum Gasteiger partial charge on any atom is 0.157 e. The predicted octanol–water partition coefficient (Wildman–Crippen LogP) is 2.18. The summed E-state index contributed by atoms with van der Waals surface area (Å²) in [5.41, 5.74) is 7.31. The minimum Gasteiger partial charge on any atom is -0.398 e. The molecular formula is C16H23N3O. The number of nitrogen functional groups attached to an aromatic ring is 1. The third-order valence-corrected chi connectivity index (χ3v) is 4.95. The Morgan fingerprint density at radius 1 is 1.25 bits per heavy atom. The number of anilines is 1. The number of carbonyl (C=O) groups is 1. The molecule has 1 saturated carbocycles. The summed E-state index contributed by atoms with van der Waals surface area (Å²) in [6.45, 7) is 2.16. The van der Waals surface area contributed by atoms with E-state index in [4.69, 9.17) is 5.73 Å². The molecule has 2 fully saturated rings. The monoisotopic (exact) mass is 273 g/mol. The van der Waals surface area contributed by atoms with Crippen molar-refractivity contribution in [1.82, 2.24) is 9.88 Å². The van der Waals surface area contributed by atoms with Gasteiger partial charge in [0, 0.05) is 30.1 Å². The first-order valence-corrected chi connectivity index (χ1v) is 7.69. The van der Waals surface area contributed by atoms with Crippen molar-refractivity contribution in [3.8, 4) is 0 Å². The molecule has 2 aliphatic rings. The Balaban J connectivity index is 1.81. The Hall–Kier alpha value is -1.42. The van der Waals surface area contributed by atoms with Crippen molar-refractivity contribution < 1.29 is 4.79 Å². The highest BCUT2D eigenvalue weighted by atomic mass is 16.1. The molecule has 1 saturated heterocycles. The van der Waals surface area contributed by atoms with E-state index < -0.39 is 0 Å². The molecule has 2 N–H and O–H groups in total. The van der Waals surface area contributed by atoms with Crippen LogP contribution in [0.3, 0.4) is 0 Å². The van der Waals surface area contributed by atoms with Gasteiger partial charge in [-0.25, -0.2) is 0 Å². The summed E-state index contributed by atoms with van der Waals surface area (Å²) in [7, 11) is 0. The van der Waals surface area contributed by atoms with Crippen LogP contribution in [0.25, 0.3) is 0 Å². The fraction of sp³-hybridized carbons (Fsp3) is 0.625. The minimum atomic E-state index is -0.210. The fourth-order valence-corrected chi connectivity index (χ4v) is 3.80. The van der Waals surface area contributed by atoms with E-state index in [1.54, 1.807) is 18.5 Å². The summed E-state index contributed by atoms with van der Waals surface area (Å²) < 4.78 is 0. The Bertz CT molecular complexity index is 488. The Labute approximate surface area is 120 Å². The summed E-state index contributed by atoms with van der Waals surface area (Å²) >= 11 is 0. The van der Waals surface area contributed by atoms with Crippen molar-refractivity contribution >= 4 is 11.5 Å². The maximum atomic E-state index is 13.0. The van der Waals surface area contributed by atoms with E-state index in [2.05, 4.69) is 9.88 Å². The first kappa shape index (κ1) is 13.6. The smallest absolute Gasteiger partial charge is 0.157 e. The van der Waals surface area contributed by atoms with Gasteiger partial charge >= 0.3 is 0 Å². The van der Waals surface area contributed by atoms with E-state index in [-0.39, 0.29) is 5.54 Å². The first-order valence-electron chi connectivity index (χ1n) is 7.69. The van der Waals surface area contributed by atoms with Crippen LogP contribution < -0.4 is 5.73 Å². The number of Topliss-reactive ketones (excluding diaryl/α,β-unsaturated/α-hetero) is 1. The zero-order chi connectivity index (χ0) is 14.0. The van der Waals surface area contributed by atoms with Crippen molar-refractivity contribution in [3.05, 3.63) is 24.0 Å². The normalized spacial score (nSPS) is 22.2. The topological polar surface area (TPSA) is 59.2 Å². The number of likely N-dealkylation sites (tertiary alicyclic amines) is 1. The van der Waals surface area contributed by atoms with Gasteiger partial charge in [-0.05, 0) is 44.8 Å². The third kappa shape index (κ3) is 2.33. The average molecular weight is 273 g/mol. The number of nitrogens with two attached hydrogens (primary N) is 1. The van der Waals surface area contributed by atoms with Crippen LogP contribution in [-0.4, -0.2) is 34.3 Å². The van der Waals surface area contributed by atoms with E-state index in [1.807, 2.05) is 0 Å². The van der Waals surface area contributed by atoms with Gasteiger partial charge in [0.15, 0.2) is 5.78 Å². The summed E-state index contributed by atoms with van der Waals surface area (Å²) in [5, 5.41) is 0. The molecule has 2 heterocycles. The molecule has 1 aliphatic carbocycles. The Kier molecular flexibility index (Phi) is 3.74. The molecule has 3 rings (SSSR count). The zero-order valence-corrected chi connectivity index (χ0v) is 12.0. The highest BCUT2D eigenvalue weighted by Gasteiger charge is 2.46. The van der Waals surface area contributed by atoms with Crippen LogP contribution in [0.4, 0.5) is 5.69 Å². The second-order valence-electron chi connectivity index (χ2n) is 6.11. The van der Waals surface area contributed by atoms with Gasteiger partial charge < -0.3 is 5.73 Å². The van der Waals surface area contributed by atoms with Gasteiger partial charge in [-0.1, -0.05) is 12.8 Å². The molecule has 0 amide bonds. The molecule has 0 unspecified atom stereocenters. The Morgan fingerprint density at radius 2 is 1.95 bits per heavy atom. The molecule has 0 spiro atoms. The third-order valence-electron chi connectivity index (χ3n) is 4.95. The van der Waals surface area contributed by atoms with E-state index in [0.29, 0.717) is 17.9 Å². The van der Waals surface area contributed by atoms with E-state index in [1.165, 1.54) is 25.7 Å². The number of pyridine rings is 1. The van der Waals surface area contributed by atoms with Crippen molar-refractivity contribution in [2.45, 2.75) is 50.5 Å². The van der Waals surface area contributed by atoms with Crippen molar-refractivity contribution in [2.24, 2.45) is 0 Å². The van der Waals surface area contributed by atoms with Gasteiger partial charge in [-0.3, -0.25) is 14.7 Å². The van der Waals surface area contributed by atoms with E-state index in [9.17, 15) is 4.79 Å². The molecule has 108 valence electrons. The quantitative estimate of drug-likeness (QED) is 0.913. The lowest BCUT2D eigenvalue weighted by Crippen LogP contribution is -2.52. The Morgan fingerprint density at radius 3 is 2.60 bits per heavy atom. The first-order chi connectivity index (χ1) is 9.72. The second-order valence-corrected chi connectivity index (χ2v) is 6.11. The van der Waals surface area contributed by atoms with Crippen LogP contribution in [0.1, 0.15) is 44.1 Å². The average Bonchev–Trinajstić information content (AvgIpc) is 3.12. The van der Waals surface area contributed by atoms with Crippen molar-refractivity contribution in [2.75, 3.05) is 18.8 Å². The molecule has 1 aromatic rings. The van der Waals surface area contributed by atoms with Gasteiger partial charge in [0.2, 0.25) is 0 Å². The van der Waals surface area contributed by atoms with Crippen LogP contribution in [0.5, 0.6) is 0 Å². The van der Waals surface area contributed by atoms with Gasteiger partial charge in [-0.2, -0.15) is 0 Å². The molecule has 0 radical (unpaired) electrons. The predicted molar refractivity (Wildman–Crippen MR) is 79.4 cm³/mol. The number of aromatic nitrogens is 1. The highest BCUT2D eigenvalue weighted by molar-refractivity contribution is 5.91. The lowest BCUT2D eigenvalue weighted by atomic mass is 9.86. The van der Waals surface area contributed by atoms with Crippen LogP contribution in [0.15, 0.2) is 18.5 Å². The molecule has 4 nitrogen and oxygen atoms in total. The van der Waals surface area contributed by atoms with Crippen LogP contribution >= 0.6 is 0 Å². The second kappa shape index (κ2) is 5.52. The van der Waals surface area contributed by atoms with E-state index >= 15 is 0 Å². The summed E-state index contributed by atoms with van der Waals surface area (Å²) in [6.07, 6.45) is 10.7. The van der Waals surface area contributed by atoms with Gasteiger partial charge in [-0.15, -0.1) is 0 Å². The maximum absolute atomic E-state index is 13.0. The SMILES string of the molecule is Nc1ccncc1CC(=O)C1(N2CCCC2)CCCC1. The molecule has 4 heteroatoms. The number of hydrogen-bond acceptors (Lipinski definition) is 4. The number of rotatable bonds is 4. The molecule has 0 aromatic carbocycles. The van der Waals surface area contributed by atoms with Crippen molar-refractivity contribution in [1.29, 1.82) is 0 Å². The van der Waals surface area contributed by atoms with Crippen LogP contribution in [0, 0.1) is 0 Å². The number of hydrogen-bond donors (Lipinski definition) is 1. The lowest BCUT2D eigenvalue weighted by Gasteiger charge is -2.37. The standard InChI is InChI=1S/C16H23N3O/c17-14-5-8-18-12-13(14)11-15(20)16(6-1-2-7-16)19-9-3-4-10-19/h5,8,12H,1-4,6-7,9-11H2,(H2,17,18). The van der Waals surface area contributed by atoms with Crippen LogP contribution in [-0.2, 0) is 11.2 Å². The zero-order valence-electron chi connectivity index (χ0n) is 12.0. The van der Waals surface area contributed by atoms with E-state index in [0.717, 1.165) is 31.5 Å². The molecule has 1 aromatic heterocycles. The highest BCUT2D eigenvalue weighted by Crippen LogP contribution is 2.39. The fourth-order valence-electron chi connectivity index (χ4n) is 3.80. The molecule has 0 bridgehead atoms. The summed E-state index contributed by atoms with van der Waals surface area (Å²) in [4.78, 5) is 19.5. The molecular weight excluding hydrogens is 250 g/mol. The number of ketones is 1. The largest absolute Gasteiger partial charge is 0.398 e. The number of carbonyl (C=O) groups excluding carboxylic acids is 1. The molecule has 0 atom stereocenters. The van der Waals surface area contributed by atoms with Gasteiger partial charge in [0.05, 0.1) is 5.54 Å². The summed E-state index contributed by atoms with van der Waals surface area (Å²) in [5.74, 6) is 0.344. The molecule has 1 aliphatic heterocycles. The molecule has 20 heavy (non-hydrogen) atoms. The van der Waals surface area contributed by atoms with Crippen LogP contribution in [0.2, 0.25) is 0 Å². The van der Waals surface area contributed by atoms with Gasteiger partial charge in [0.1, 0.15) is 0 Å². The minimum absolute atomic E-state index is 0.210.